The molecule has 21 heavy (non-hydrogen) atoms. The van der Waals surface area contributed by atoms with Gasteiger partial charge in [-0.3, -0.25) is 4.79 Å². The summed E-state index contributed by atoms with van der Waals surface area (Å²) >= 11 is 0. The standard InChI is InChI=1S/C15H24N4O2/c1-10-5-7-16-11(9-10)14(20)18-13-12(19(2)3)6-8-17-15(13)21-4/h6,8,10-11,16H,5,7,9H2,1-4H3,(H,18,20). The van der Waals surface area contributed by atoms with Gasteiger partial charge in [-0.15, -0.1) is 0 Å². The van der Waals surface area contributed by atoms with Gasteiger partial charge < -0.3 is 20.3 Å². The SMILES string of the molecule is COc1nccc(N(C)C)c1NC(=O)C1CC(C)CCN1. The van der Waals surface area contributed by atoms with Gasteiger partial charge in [-0.2, -0.15) is 0 Å². The van der Waals surface area contributed by atoms with Crippen LogP contribution in [0.1, 0.15) is 19.8 Å². The van der Waals surface area contributed by atoms with Gasteiger partial charge in [-0.05, 0) is 31.4 Å². The van der Waals surface area contributed by atoms with Crippen LogP contribution < -0.4 is 20.3 Å². The maximum Gasteiger partial charge on any atom is 0.241 e. The zero-order chi connectivity index (χ0) is 15.4. The molecule has 1 aliphatic heterocycles. The number of carbonyl (C=O) groups excluding carboxylic acids is 1. The summed E-state index contributed by atoms with van der Waals surface area (Å²) in [5.74, 6) is 0.959. The molecule has 6 heteroatoms. The van der Waals surface area contributed by atoms with Crippen LogP contribution in [0.2, 0.25) is 0 Å². The molecule has 116 valence electrons. The number of anilines is 2. The minimum absolute atomic E-state index is 0.0315. The first-order valence-electron chi connectivity index (χ1n) is 7.27. The largest absolute Gasteiger partial charge is 0.479 e. The lowest BCUT2D eigenvalue weighted by Crippen LogP contribution is -2.45. The fourth-order valence-electron chi connectivity index (χ4n) is 2.60. The van der Waals surface area contributed by atoms with Crippen LogP contribution in [0.3, 0.4) is 0 Å². The van der Waals surface area contributed by atoms with Crippen LogP contribution in [0, 0.1) is 5.92 Å². The van der Waals surface area contributed by atoms with Gasteiger partial charge in [0.1, 0.15) is 5.69 Å². The van der Waals surface area contributed by atoms with Crippen molar-refractivity contribution in [2.75, 3.05) is 38.0 Å². The Bertz CT molecular complexity index is 504. The number of hydrogen-bond acceptors (Lipinski definition) is 5. The Balaban J connectivity index is 2.19. The Morgan fingerprint density at radius 2 is 2.29 bits per heavy atom. The first-order chi connectivity index (χ1) is 10.0. The van der Waals surface area contributed by atoms with Crippen LogP contribution in [0.4, 0.5) is 11.4 Å². The third-order valence-corrected chi connectivity index (χ3v) is 3.80. The average Bonchev–Trinajstić information content (AvgIpc) is 2.47. The van der Waals surface area contributed by atoms with Crippen molar-refractivity contribution in [1.82, 2.24) is 10.3 Å². The number of piperidine rings is 1. The number of pyridine rings is 1. The van der Waals surface area contributed by atoms with Crippen LogP contribution in [0.25, 0.3) is 0 Å². The molecule has 1 fully saturated rings. The maximum absolute atomic E-state index is 12.5. The van der Waals surface area contributed by atoms with Gasteiger partial charge in [0.25, 0.3) is 0 Å². The highest BCUT2D eigenvalue weighted by molar-refractivity contribution is 5.99. The molecule has 2 atom stereocenters. The molecule has 2 heterocycles. The van der Waals surface area contributed by atoms with E-state index in [9.17, 15) is 4.79 Å². The Labute approximate surface area is 125 Å². The fourth-order valence-corrected chi connectivity index (χ4v) is 2.60. The summed E-state index contributed by atoms with van der Waals surface area (Å²) in [6.45, 7) is 3.06. The second kappa shape index (κ2) is 6.76. The summed E-state index contributed by atoms with van der Waals surface area (Å²) in [5.41, 5.74) is 1.49. The van der Waals surface area contributed by atoms with Crippen molar-refractivity contribution in [3.05, 3.63) is 12.3 Å². The number of aromatic nitrogens is 1. The van der Waals surface area contributed by atoms with E-state index in [2.05, 4.69) is 22.5 Å². The molecule has 1 aromatic heterocycles. The lowest BCUT2D eigenvalue weighted by atomic mass is 9.94. The summed E-state index contributed by atoms with van der Waals surface area (Å²) in [6.07, 6.45) is 3.64. The van der Waals surface area contributed by atoms with E-state index in [-0.39, 0.29) is 11.9 Å². The quantitative estimate of drug-likeness (QED) is 0.880. The normalized spacial score (nSPS) is 21.7. The third-order valence-electron chi connectivity index (χ3n) is 3.80. The second-order valence-electron chi connectivity index (χ2n) is 5.73. The number of nitrogens with one attached hydrogen (secondary N) is 2. The second-order valence-corrected chi connectivity index (χ2v) is 5.73. The number of rotatable bonds is 4. The van der Waals surface area contributed by atoms with Crippen LogP contribution in [0.5, 0.6) is 5.88 Å². The summed E-state index contributed by atoms with van der Waals surface area (Å²) in [6, 6.07) is 1.70. The Kier molecular flexibility index (Phi) is 5.01. The number of amides is 1. The first-order valence-corrected chi connectivity index (χ1v) is 7.27. The van der Waals surface area contributed by atoms with Gasteiger partial charge in [0.15, 0.2) is 0 Å². The Morgan fingerprint density at radius 1 is 1.52 bits per heavy atom. The average molecular weight is 292 g/mol. The molecule has 6 nitrogen and oxygen atoms in total. The van der Waals surface area contributed by atoms with Gasteiger partial charge in [-0.25, -0.2) is 4.98 Å². The van der Waals surface area contributed by atoms with Crippen molar-refractivity contribution in [1.29, 1.82) is 0 Å². The summed E-state index contributed by atoms with van der Waals surface area (Å²) in [5, 5.41) is 6.24. The van der Waals surface area contributed by atoms with E-state index in [4.69, 9.17) is 4.74 Å². The molecule has 0 aliphatic carbocycles. The molecule has 0 bridgehead atoms. The molecule has 1 aromatic rings. The smallest absolute Gasteiger partial charge is 0.241 e. The van der Waals surface area contributed by atoms with Crippen LogP contribution >= 0.6 is 0 Å². The van der Waals surface area contributed by atoms with Gasteiger partial charge in [0, 0.05) is 20.3 Å². The van der Waals surface area contributed by atoms with Gasteiger partial charge in [-0.1, -0.05) is 6.92 Å². The van der Waals surface area contributed by atoms with Gasteiger partial charge in [0.05, 0.1) is 18.8 Å². The first kappa shape index (κ1) is 15.6. The molecule has 1 saturated heterocycles. The van der Waals surface area contributed by atoms with E-state index in [0.717, 1.165) is 25.1 Å². The molecule has 0 radical (unpaired) electrons. The van der Waals surface area contributed by atoms with Crippen LogP contribution in [-0.2, 0) is 4.79 Å². The lowest BCUT2D eigenvalue weighted by molar-refractivity contribution is -0.119. The predicted molar refractivity (Wildman–Crippen MR) is 83.9 cm³/mol. The summed E-state index contributed by atoms with van der Waals surface area (Å²) < 4.78 is 5.27. The Morgan fingerprint density at radius 3 is 2.90 bits per heavy atom. The Hall–Kier alpha value is -1.82. The molecular formula is C15H24N4O2. The summed E-state index contributed by atoms with van der Waals surface area (Å²) in [4.78, 5) is 18.6. The topological polar surface area (TPSA) is 66.5 Å². The minimum Gasteiger partial charge on any atom is -0.479 e. The van der Waals surface area contributed by atoms with Crippen molar-refractivity contribution >= 4 is 17.3 Å². The number of ether oxygens (including phenoxy) is 1. The van der Waals surface area contributed by atoms with Crippen molar-refractivity contribution in [3.8, 4) is 5.88 Å². The lowest BCUT2D eigenvalue weighted by Gasteiger charge is -2.28. The monoisotopic (exact) mass is 292 g/mol. The highest BCUT2D eigenvalue weighted by Gasteiger charge is 2.26. The number of hydrogen-bond donors (Lipinski definition) is 2. The molecule has 0 saturated carbocycles. The highest BCUT2D eigenvalue weighted by Crippen LogP contribution is 2.32. The van der Waals surface area contributed by atoms with Gasteiger partial charge in [0.2, 0.25) is 11.8 Å². The summed E-state index contributed by atoms with van der Waals surface area (Å²) in [7, 11) is 5.40. The van der Waals surface area contributed by atoms with Crippen molar-refractivity contribution in [2.24, 2.45) is 5.92 Å². The van der Waals surface area contributed by atoms with E-state index in [1.807, 2.05) is 25.1 Å². The molecule has 0 spiro atoms. The highest BCUT2D eigenvalue weighted by atomic mass is 16.5. The van der Waals surface area contributed by atoms with Crippen LogP contribution in [-0.4, -0.2) is 44.7 Å². The number of methoxy groups -OCH3 is 1. The van der Waals surface area contributed by atoms with E-state index in [1.54, 1.807) is 13.3 Å². The zero-order valence-corrected chi connectivity index (χ0v) is 13.1. The molecular weight excluding hydrogens is 268 g/mol. The zero-order valence-electron chi connectivity index (χ0n) is 13.1. The van der Waals surface area contributed by atoms with E-state index < -0.39 is 0 Å². The van der Waals surface area contributed by atoms with E-state index >= 15 is 0 Å². The minimum atomic E-state index is -0.159. The molecule has 2 N–H and O–H groups in total. The number of nitrogens with zero attached hydrogens (tertiary/aromatic N) is 2. The van der Waals surface area contributed by atoms with E-state index in [0.29, 0.717) is 17.5 Å². The maximum atomic E-state index is 12.5. The van der Waals surface area contributed by atoms with Crippen molar-refractivity contribution < 1.29 is 9.53 Å². The van der Waals surface area contributed by atoms with Crippen molar-refractivity contribution in [2.45, 2.75) is 25.8 Å². The number of carbonyl (C=O) groups is 1. The van der Waals surface area contributed by atoms with E-state index in [1.165, 1.54) is 0 Å². The van der Waals surface area contributed by atoms with Crippen molar-refractivity contribution in [3.63, 3.8) is 0 Å². The molecule has 0 aromatic carbocycles. The predicted octanol–water partition coefficient (Wildman–Crippen LogP) is 1.48. The molecule has 1 amide bonds. The van der Waals surface area contributed by atoms with Crippen LogP contribution in [0.15, 0.2) is 12.3 Å². The molecule has 2 unspecified atom stereocenters. The third kappa shape index (κ3) is 3.64. The molecule has 1 aliphatic rings. The molecule has 2 rings (SSSR count). The van der Waals surface area contributed by atoms with Gasteiger partial charge >= 0.3 is 0 Å². The fraction of sp³-hybridized carbons (Fsp3) is 0.600.